The molecule has 0 aliphatic heterocycles. The van der Waals surface area contributed by atoms with Gasteiger partial charge in [0.2, 0.25) is 0 Å². The van der Waals surface area contributed by atoms with Crippen LogP contribution in [-0.2, 0) is 14.3 Å². The largest absolute Gasteiger partial charge is 0.392 e. The lowest BCUT2D eigenvalue weighted by Gasteiger charge is -2.00. The predicted octanol–water partition coefficient (Wildman–Crippen LogP) is -0.577. The van der Waals surface area contributed by atoms with E-state index in [1.54, 1.807) is 0 Å². The van der Waals surface area contributed by atoms with E-state index in [0.717, 1.165) is 6.92 Å². The molecule has 4 heteroatoms. The molecule has 0 saturated carbocycles. The van der Waals surface area contributed by atoms with Crippen molar-refractivity contribution in [2.24, 2.45) is 5.73 Å². The molecule has 0 aromatic rings. The molecule has 9 heavy (non-hydrogen) atoms. The molecular weight excluding hydrogens is 122 g/mol. The molecule has 0 heterocycles. The number of rotatable bonds is 1. The lowest BCUT2D eigenvalue weighted by atomic mass is 10.4. The van der Waals surface area contributed by atoms with Crippen LogP contribution in [0.25, 0.3) is 0 Å². The number of carbonyl (C=O) groups excluding carboxylic acids is 2. The molecular formula is C5H9NO3. The first-order valence-corrected chi connectivity index (χ1v) is 2.52. The topological polar surface area (TPSA) is 69.4 Å². The number of nitrogens with two attached hydrogens (primary N) is 1. The molecule has 0 saturated heterocycles. The quantitative estimate of drug-likeness (QED) is 0.382. The van der Waals surface area contributed by atoms with E-state index in [4.69, 9.17) is 5.73 Å². The van der Waals surface area contributed by atoms with Crippen LogP contribution < -0.4 is 5.73 Å². The molecule has 0 aromatic heterocycles. The molecule has 2 N–H and O–H groups in total. The number of carbonyl (C=O) groups is 2. The molecule has 1 unspecified atom stereocenters. The van der Waals surface area contributed by atoms with Crippen molar-refractivity contribution in [2.45, 2.75) is 19.9 Å². The summed E-state index contributed by atoms with van der Waals surface area (Å²) in [4.78, 5) is 20.4. The summed E-state index contributed by atoms with van der Waals surface area (Å²) in [7, 11) is 0. The molecule has 1 atom stereocenters. The van der Waals surface area contributed by atoms with Crippen LogP contribution in [0.15, 0.2) is 0 Å². The van der Waals surface area contributed by atoms with Gasteiger partial charge in [-0.2, -0.15) is 0 Å². The van der Waals surface area contributed by atoms with Crippen LogP contribution in [0, 0.1) is 0 Å². The summed E-state index contributed by atoms with van der Waals surface area (Å²) in [6.07, 6.45) is 0. The van der Waals surface area contributed by atoms with Crippen LogP contribution in [-0.4, -0.2) is 18.0 Å². The number of hydrogen-bond acceptors (Lipinski definition) is 4. The number of hydrogen-bond donors (Lipinski definition) is 1. The first kappa shape index (κ1) is 8.10. The first-order valence-electron chi connectivity index (χ1n) is 2.52. The predicted molar refractivity (Wildman–Crippen MR) is 30.4 cm³/mol. The van der Waals surface area contributed by atoms with Gasteiger partial charge in [-0.3, -0.25) is 4.79 Å². The summed E-state index contributed by atoms with van der Waals surface area (Å²) in [6, 6.07) is -0.728. The maximum Gasteiger partial charge on any atom is 0.330 e. The number of esters is 2. The van der Waals surface area contributed by atoms with Gasteiger partial charge in [-0.25, -0.2) is 4.79 Å². The maximum atomic E-state index is 10.4. The zero-order chi connectivity index (χ0) is 7.44. The first-order chi connectivity index (χ1) is 4.04. The van der Waals surface area contributed by atoms with E-state index in [1.807, 2.05) is 0 Å². The minimum atomic E-state index is -0.728. The third kappa shape index (κ3) is 3.66. The second-order valence-corrected chi connectivity index (χ2v) is 1.70. The molecule has 0 radical (unpaired) electrons. The highest BCUT2D eigenvalue weighted by Crippen LogP contribution is 1.83. The van der Waals surface area contributed by atoms with E-state index < -0.39 is 18.0 Å². The van der Waals surface area contributed by atoms with Crippen molar-refractivity contribution < 1.29 is 14.3 Å². The van der Waals surface area contributed by atoms with E-state index >= 15 is 0 Å². The fourth-order valence-corrected chi connectivity index (χ4v) is 0.235. The smallest absolute Gasteiger partial charge is 0.330 e. The molecule has 0 aliphatic carbocycles. The van der Waals surface area contributed by atoms with E-state index in [0.29, 0.717) is 0 Å². The lowest BCUT2D eigenvalue weighted by Crippen LogP contribution is -2.29. The minimum Gasteiger partial charge on any atom is -0.392 e. The fourth-order valence-electron chi connectivity index (χ4n) is 0.235. The van der Waals surface area contributed by atoms with Gasteiger partial charge >= 0.3 is 11.9 Å². The third-order valence-electron chi connectivity index (χ3n) is 0.616. The number of ether oxygens (including phenoxy) is 1. The van der Waals surface area contributed by atoms with Gasteiger partial charge in [-0.15, -0.1) is 0 Å². The monoisotopic (exact) mass is 131 g/mol. The average Bonchev–Trinajstić information content (AvgIpc) is 1.63. The summed E-state index contributed by atoms with van der Waals surface area (Å²) in [5.74, 6) is -1.32. The summed E-state index contributed by atoms with van der Waals surface area (Å²) in [5, 5.41) is 0. The van der Waals surface area contributed by atoms with E-state index in [2.05, 4.69) is 4.74 Å². The highest BCUT2D eigenvalue weighted by molar-refractivity contribution is 5.86. The van der Waals surface area contributed by atoms with Gasteiger partial charge in [-0.05, 0) is 6.92 Å². The van der Waals surface area contributed by atoms with Crippen molar-refractivity contribution in [3.63, 3.8) is 0 Å². The van der Waals surface area contributed by atoms with E-state index in [1.165, 1.54) is 6.92 Å². The molecule has 0 aliphatic rings. The lowest BCUT2D eigenvalue weighted by molar-refractivity contribution is -0.158. The van der Waals surface area contributed by atoms with Crippen molar-refractivity contribution in [3.8, 4) is 0 Å². The second kappa shape index (κ2) is 3.19. The fraction of sp³-hybridized carbons (Fsp3) is 0.600. The molecule has 0 amide bonds. The van der Waals surface area contributed by atoms with Crippen molar-refractivity contribution in [3.05, 3.63) is 0 Å². The normalized spacial score (nSPS) is 12.3. The Morgan fingerprint density at radius 3 is 2.11 bits per heavy atom. The van der Waals surface area contributed by atoms with Crippen LogP contribution in [0.4, 0.5) is 0 Å². The van der Waals surface area contributed by atoms with Crippen molar-refractivity contribution in [1.82, 2.24) is 0 Å². The van der Waals surface area contributed by atoms with Gasteiger partial charge < -0.3 is 10.5 Å². The Morgan fingerprint density at radius 2 is 2.00 bits per heavy atom. The van der Waals surface area contributed by atoms with Crippen LogP contribution >= 0.6 is 0 Å². The Morgan fingerprint density at radius 1 is 1.56 bits per heavy atom. The van der Waals surface area contributed by atoms with Crippen LogP contribution in [0.5, 0.6) is 0 Å². The van der Waals surface area contributed by atoms with Crippen molar-refractivity contribution in [2.75, 3.05) is 0 Å². The van der Waals surface area contributed by atoms with E-state index in [9.17, 15) is 9.59 Å². The molecule has 0 fully saturated rings. The van der Waals surface area contributed by atoms with Gasteiger partial charge in [0.1, 0.15) is 6.04 Å². The molecule has 0 bridgehead atoms. The molecule has 52 valence electrons. The van der Waals surface area contributed by atoms with E-state index in [-0.39, 0.29) is 0 Å². The van der Waals surface area contributed by atoms with Gasteiger partial charge in [0.25, 0.3) is 0 Å². The summed E-state index contributed by atoms with van der Waals surface area (Å²) in [5.41, 5.74) is 5.06. The van der Waals surface area contributed by atoms with Gasteiger partial charge in [0, 0.05) is 6.92 Å². The summed E-state index contributed by atoms with van der Waals surface area (Å²) < 4.78 is 4.11. The van der Waals surface area contributed by atoms with Crippen molar-refractivity contribution in [1.29, 1.82) is 0 Å². The molecule has 0 rings (SSSR count). The molecule has 4 nitrogen and oxygen atoms in total. The zero-order valence-corrected chi connectivity index (χ0v) is 5.38. The Kier molecular flexibility index (Phi) is 2.87. The third-order valence-corrected chi connectivity index (χ3v) is 0.616. The van der Waals surface area contributed by atoms with Gasteiger partial charge in [0.15, 0.2) is 0 Å². The Balaban J connectivity index is 3.64. The second-order valence-electron chi connectivity index (χ2n) is 1.70. The minimum absolute atomic E-state index is 0.627. The Labute approximate surface area is 53.0 Å². The summed E-state index contributed by atoms with van der Waals surface area (Å²) in [6.45, 7) is 2.60. The standard InChI is InChI=1S/C5H9NO3/c1-3(6)5(8)9-4(2)7/h3H,6H2,1-2H3. The van der Waals surface area contributed by atoms with Gasteiger partial charge in [0.05, 0.1) is 0 Å². The average molecular weight is 131 g/mol. The highest BCUT2D eigenvalue weighted by Gasteiger charge is 2.09. The maximum absolute atomic E-state index is 10.4. The Bertz CT molecular complexity index is 130. The molecule has 0 aromatic carbocycles. The zero-order valence-electron chi connectivity index (χ0n) is 5.38. The SMILES string of the molecule is CC(=O)OC(=O)C(C)N. The van der Waals surface area contributed by atoms with Crippen LogP contribution in [0.1, 0.15) is 13.8 Å². The van der Waals surface area contributed by atoms with Crippen molar-refractivity contribution >= 4 is 11.9 Å². The van der Waals surface area contributed by atoms with Gasteiger partial charge in [-0.1, -0.05) is 0 Å². The van der Waals surface area contributed by atoms with Crippen LogP contribution in [0.3, 0.4) is 0 Å². The Hall–Kier alpha value is -0.900. The van der Waals surface area contributed by atoms with Crippen LogP contribution in [0.2, 0.25) is 0 Å². The summed E-state index contributed by atoms with van der Waals surface area (Å²) >= 11 is 0. The highest BCUT2D eigenvalue weighted by atomic mass is 16.6. The molecule has 0 spiro atoms.